The van der Waals surface area contributed by atoms with E-state index in [1.54, 1.807) is 0 Å². The minimum absolute atomic E-state index is 0.0689. The highest BCUT2D eigenvalue weighted by molar-refractivity contribution is 6.30. The molecule has 1 aliphatic carbocycles. The molecule has 0 heterocycles. The van der Waals surface area contributed by atoms with E-state index in [1.165, 1.54) is 35.7 Å². The van der Waals surface area contributed by atoms with Gasteiger partial charge in [0.15, 0.2) is 5.75 Å². The van der Waals surface area contributed by atoms with Crippen molar-refractivity contribution in [3.63, 3.8) is 0 Å². The minimum atomic E-state index is -0.464. The molecule has 0 amide bonds. The number of hydrogen-bond acceptors (Lipinski definition) is 3. The summed E-state index contributed by atoms with van der Waals surface area (Å²) in [6.45, 7) is 0.300. The fraction of sp³-hybridized carbons (Fsp3) is 0.250. The maximum Gasteiger partial charge on any atom is 0.311 e. The van der Waals surface area contributed by atoms with Crippen molar-refractivity contribution in [3.05, 3.63) is 68.2 Å². The van der Waals surface area contributed by atoms with E-state index in [1.807, 2.05) is 6.07 Å². The van der Waals surface area contributed by atoms with Crippen LogP contribution in [0.15, 0.2) is 36.4 Å². The standard InChI is InChI=1S/C16H14ClNO3/c17-14-6-7-15(18(19)20)16(9-14)21-10-11-4-5-12-2-1-3-13(12)8-11/h4-9H,1-3,10H2. The molecular weight excluding hydrogens is 290 g/mol. The van der Waals surface area contributed by atoms with Gasteiger partial charge in [-0.05, 0) is 42.0 Å². The first-order chi connectivity index (χ1) is 10.1. The van der Waals surface area contributed by atoms with Crippen LogP contribution in [-0.2, 0) is 19.4 Å². The molecule has 1 aliphatic rings. The average Bonchev–Trinajstić information content (AvgIpc) is 2.92. The van der Waals surface area contributed by atoms with Crippen molar-refractivity contribution >= 4 is 17.3 Å². The molecule has 0 aliphatic heterocycles. The Morgan fingerprint density at radius 2 is 1.95 bits per heavy atom. The fourth-order valence-corrected chi connectivity index (χ4v) is 2.79. The van der Waals surface area contributed by atoms with E-state index < -0.39 is 4.92 Å². The molecule has 0 saturated carbocycles. The highest BCUT2D eigenvalue weighted by atomic mass is 35.5. The van der Waals surface area contributed by atoms with Crippen LogP contribution in [0.1, 0.15) is 23.1 Å². The highest BCUT2D eigenvalue weighted by Gasteiger charge is 2.16. The average molecular weight is 304 g/mol. The molecule has 0 aromatic heterocycles. The van der Waals surface area contributed by atoms with Crippen molar-refractivity contribution in [1.29, 1.82) is 0 Å². The molecule has 0 fully saturated rings. The zero-order valence-electron chi connectivity index (χ0n) is 11.3. The molecule has 3 rings (SSSR count). The van der Waals surface area contributed by atoms with Crippen LogP contribution in [0, 0.1) is 10.1 Å². The number of ether oxygens (including phenoxy) is 1. The number of fused-ring (bicyclic) bond motifs is 1. The van der Waals surface area contributed by atoms with Gasteiger partial charge in [-0.25, -0.2) is 0 Å². The molecular formula is C16H14ClNO3. The van der Waals surface area contributed by atoms with Gasteiger partial charge < -0.3 is 4.74 Å². The van der Waals surface area contributed by atoms with E-state index in [0.717, 1.165) is 18.4 Å². The van der Waals surface area contributed by atoms with Crippen molar-refractivity contribution in [2.45, 2.75) is 25.9 Å². The monoisotopic (exact) mass is 303 g/mol. The van der Waals surface area contributed by atoms with Gasteiger partial charge in [-0.3, -0.25) is 10.1 Å². The molecule has 0 spiro atoms. The van der Waals surface area contributed by atoms with Crippen LogP contribution in [0.25, 0.3) is 0 Å². The van der Waals surface area contributed by atoms with Crippen molar-refractivity contribution in [2.24, 2.45) is 0 Å². The molecule has 2 aromatic rings. The summed E-state index contributed by atoms with van der Waals surface area (Å²) >= 11 is 5.88. The van der Waals surface area contributed by atoms with Gasteiger partial charge in [-0.1, -0.05) is 29.8 Å². The Morgan fingerprint density at radius 1 is 1.14 bits per heavy atom. The minimum Gasteiger partial charge on any atom is -0.482 e. The molecule has 0 radical (unpaired) electrons. The number of rotatable bonds is 4. The number of benzene rings is 2. The Kier molecular flexibility index (Phi) is 3.80. The summed E-state index contributed by atoms with van der Waals surface area (Å²) in [6, 6.07) is 10.6. The SMILES string of the molecule is O=[N+]([O-])c1ccc(Cl)cc1OCc1ccc2c(c1)CCC2. The third-order valence-electron chi connectivity index (χ3n) is 3.68. The largest absolute Gasteiger partial charge is 0.482 e. The van der Waals surface area contributed by atoms with Crippen LogP contribution in [-0.4, -0.2) is 4.92 Å². The Labute approximate surface area is 127 Å². The lowest BCUT2D eigenvalue weighted by Crippen LogP contribution is -2.00. The maximum absolute atomic E-state index is 11.0. The van der Waals surface area contributed by atoms with E-state index in [4.69, 9.17) is 16.3 Å². The Hall–Kier alpha value is -2.07. The van der Waals surface area contributed by atoms with E-state index in [-0.39, 0.29) is 11.4 Å². The second kappa shape index (κ2) is 5.74. The topological polar surface area (TPSA) is 52.4 Å². The quantitative estimate of drug-likeness (QED) is 0.624. The predicted molar refractivity (Wildman–Crippen MR) is 80.9 cm³/mol. The van der Waals surface area contributed by atoms with E-state index in [2.05, 4.69) is 12.1 Å². The van der Waals surface area contributed by atoms with Gasteiger partial charge in [0.05, 0.1) is 4.92 Å². The van der Waals surface area contributed by atoms with Crippen molar-refractivity contribution in [1.82, 2.24) is 0 Å². The van der Waals surface area contributed by atoms with Gasteiger partial charge in [0.25, 0.3) is 0 Å². The highest BCUT2D eigenvalue weighted by Crippen LogP contribution is 2.31. The lowest BCUT2D eigenvalue weighted by molar-refractivity contribution is -0.385. The van der Waals surface area contributed by atoms with E-state index in [0.29, 0.717) is 11.6 Å². The summed E-state index contributed by atoms with van der Waals surface area (Å²) in [4.78, 5) is 10.5. The van der Waals surface area contributed by atoms with Crippen LogP contribution in [0.5, 0.6) is 5.75 Å². The Balaban J connectivity index is 1.78. The van der Waals surface area contributed by atoms with Crippen LogP contribution in [0.4, 0.5) is 5.69 Å². The van der Waals surface area contributed by atoms with E-state index >= 15 is 0 Å². The summed E-state index contributed by atoms with van der Waals surface area (Å²) in [5, 5.41) is 11.4. The Bertz CT molecular complexity index is 700. The summed E-state index contributed by atoms with van der Waals surface area (Å²) < 4.78 is 5.60. The first-order valence-corrected chi connectivity index (χ1v) is 7.19. The molecule has 21 heavy (non-hydrogen) atoms. The van der Waals surface area contributed by atoms with Gasteiger partial charge >= 0.3 is 5.69 Å². The van der Waals surface area contributed by atoms with Crippen LogP contribution in [0.3, 0.4) is 0 Å². The van der Waals surface area contributed by atoms with Gasteiger partial charge in [0.2, 0.25) is 0 Å². The van der Waals surface area contributed by atoms with Crippen molar-refractivity contribution in [2.75, 3.05) is 0 Å². The Morgan fingerprint density at radius 3 is 2.76 bits per heavy atom. The molecule has 2 aromatic carbocycles. The second-order valence-electron chi connectivity index (χ2n) is 5.11. The zero-order valence-corrected chi connectivity index (χ0v) is 12.1. The number of nitro groups is 1. The van der Waals surface area contributed by atoms with Gasteiger partial charge in [-0.15, -0.1) is 0 Å². The summed E-state index contributed by atoms with van der Waals surface area (Å²) in [6.07, 6.45) is 3.43. The molecule has 5 heteroatoms. The second-order valence-corrected chi connectivity index (χ2v) is 5.55. The maximum atomic E-state index is 11.0. The molecule has 0 atom stereocenters. The molecule has 4 nitrogen and oxygen atoms in total. The first kappa shape index (κ1) is 13.9. The van der Waals surface area contributed by atoms with Crippen LogP contribution in [0.2, 0.25) is 5.02 Å². The molecule has 0 N–H and O–H groups in total. The van der Waals surface area contributed by atoms with Gasteiger partial charge in [0, 0.05) is 17.2 Å². The smallest absolute Gasteiger partial charge is 0.311 e. The third-order valence-corrected chi connectivity index (χ3v) is 3.91. The first-order valence-electron chi connectivity index (χ1n) is 6.81. The molecule has 0 saturated heterocycles. The zero-order chi connectivity index (χ0) is 14.8. The number of hydrogen-bond donors (Lipinski definition) is 0. The number of nitro benzene ring substituents is 1. The summed E-state index contributed by atoms with van der Waals surface area (Å²) in [5.41, 5.74) is 3.70. The number of aryl methyl sites for hydroxylation is 2. The summed E-state index contributed by atoms with van der Waals surface area (Å²) in [7, 11) is 0. The number of nitrogens with zero attached hydrogens (tertiary/aromatic N) is 1. The fourth-order valence-electron chi connectivity index (χ4n) is 2.63. The van der Waals surface area contributed by atoms with Crippen LogP contribution < -0.4 is 4.74 Å². The third kappa shape index (κ3) is 3.00. The molecule has 108 valence electrons. The van der Waals surface area contributed by atoms with Gasteiger partial charge in [0.1, 0.15) is 6.61 Å². The van der Waals surface area contributed by atoms with Crippen molar-refractivity contribution in [3.8, 4) is 5.75 Å². The van der Waals surface area contributed by atoms with Crippen LogP contribution >= 0.6 is 11.6 Å². The van der Waals surface area contributed by atoms with Crippen molar-refractivity contribution < 1.29 is 9.66 Å². The predicted octanol–water partition coefficient (Wildman–Crippen LogP) is 4.32. The number of halogens is 1. The molecule has 0 unspecified atom stereocenters. The summed E-state index contributed by atoms with van der Waals surface area (Å²) in [5.74, 6) is 0.202. The van der Waals surface area contributed by atoms with Gasteiger partial charge in [-0.2, -0.15) is 0 Å². The lowest BCUT2D eigenvalue weighted by Gasteiger charge is -2.09. The lowest BCUT2D eigenvalue weighted by atomic mass is 10.1. The normalized spacial score (nSPS) is 13.0. The molecule has 0 bridgehead atoms. The van der Waals surface area contributed by atoms with E-state index in [9.17, 15) is 10.1 Å².